The van der Waals surface area contributed by atoms with Crippen molar-refractivity contribution in [3.63, 3.8) is 0 Å². The first-order chi connectivity index (χ1) is 11.7. The van der Waals surface area contributed by atoms with Crippen LogP contribution < -0.4 is 0 Å². The van der Waals surface area contributed by atoms with E-state index in [1.165, 1.54) is 32.1 Å². The van der Waals surface area contributed by atoms with Gasteiger partial charge in [0.15, 0.2) is 0 Å². The summed E-state index contributed by atoms with van der Waals surface area (Å²) in [5.74, 6) is 1.31. The van der Waals surface area contributed by atoms with Crippen LogP contribution in [0.5, 0.6) is 0 Å². The first-order valence-corrected chi connectivity index (χ1v) is 10.7. The zero-order chi connectivity index (χ0) is 17.2. The van der Waals surface area contributed by atoms with Crippen LogP contribution in [0.4, 0.5) is 0 Å². The lowest BCUT2D eigenvalue weighted by molar-refractivity contribution is 0.622. The molecule has 1 atom stereocenters. The van der Waals surface area contributed by atoms with Gasteiger partial charge in [-0.15, -0.1) is 11.6 Å². The van der Waals surface area contributed by atoms with Gasteiger partial charge in [-0.1, -0.05) is 75.4 Å². The number of alkyl halides is 1. The van der Waals surface area contributed by atoms with Crippen LogP contribution >= 0.6 is 11.6 Å². The van der Waals surface area contributed by atoms with E-state index in [0.29, 0.717) is 5.88 Å². The predicted octanol–water partition coefficient (Wildman–Crippen LogP) is 6.56. The Bertz CT molecular complexity index is 619. The number of hydrogen-bond donors (Lipinski definition) is 0. The van der Waals surface area contributed by atoms with Crippen molar-refractivity contribution in [3.05, 3.63) is 54.1 Å². The minimum Gasteiger partial charge on any atom is -0.254 e. The van der Waals surface area contributed by atoms with Gasteiger partial charge < -0.3 is 0 Å². The third-order valence-corrected chi connectivity index (χ3v) is 6.01. The maximum atomic E-state index is 12.4. The Balaban J connectivity index is 1.85. The molecule has 3 heteroatoms. The molecule has 0 bridgehead atoms. The summed E-state index contributed by atoms with van der Waals surface area (Å²) in [4.78, 5) is 0.935. The van der Waals surface area contributed by atoms with E-state index in [1.807, 2.05) is 24.3 Å². The molecule has 0 amide bonds. The molecule has 0 saturated carbocycles. The average Bonchev–Trinajstić information content (AvgIpc) is 2.64. The second-order valence-corrected chi connectivity index (χ2v) is 8.01. The highest BCUT2D eigenvalue weighted by atomic mass is 35.5. The third-order valence-electron chi connectivity index (χ3n) is 4.24. The number of benzene rings is 2. The van der Waals surface area contributed by atoms with Crippen LogP contribution in [0.25, 0.3) is 11.1 Å². The summed E-state index contributed by atoms with van der Waals surface area (Å²) in [6.07, 6.45) is 7.40. The standard InChI is InChI=1S/C21H27ClOS/c1-2-3-4-5-6-7-16-24(23)21-14-12-20(13-15-21)19-10-8-18(17-22)9-11-19/h8-15H,2-7,16-17H2,1H3. The molecule has 0 saturated heterocycles. The number of rotatable bonds is 10. The largest absolute Gasteiger partial charge is 0.254 e. The van der Waals surface area contributed by atoms with Gasteiger partial charge in [0.1, 0.15) is 0 Å². The van der Waals surface area contributed by atoms with Crippen LogP contribution in [0.15, 0.2) is 53.4 Å². The molecular formula is C21H27ClOS. The number of unbranched alkanes of at least 4 members (excludes halogenated alkanes) is 5. The normalized spacial score (nSPS) is 12.2. The topological polar surface area (TPSA) is 17.1 Å². The predicted molar refractivity (Wildman–Crippen MR) is 106 cm³/mol. The van der Waals surface area contributed by atoms with E-state index in [1.54, 1.807) is 0 Å². The molecule has 2 aromatic carbocycles. The van der Waals surface area contributed by atoms with Gasteiger partial charge in [0.25, 0.3) is 0 Å². The summed E-state index contributed by atoms with van der Waals surface area (Å²) in [5.41, 5.74) is 3.44. The molecule has 0 aliphatic carbocycles. The first-order valence-electron chi connectivity index (χ1n) is 8.88. The van der Waals surface area contributed by atoms with E-state index in [0.717, 1.165) is 33.8 Å². The van der Waals surface area contributed by atoms with Crippen molar-refractivity contribution < 1.29 is 4.21 Å². The minimum absolute atomic E-state index is 0.538. The van der Waals surface area contributed by atoms with Gasteiger partial charge in [-0.3, -0.25) is 4.21 Å². The Kier molecular flexibility index (Phi) is 8.55. The van der Waals surface area contributed by atoms with Crippen LogP contribution in [0, 0.1) is 0 Å². The Morgan fingerprint density at radius 3 is 1.92 bits per heavy atom. The molecule has 1 unspecified atom stereocenters. The zero-order valence-corrected chi connectivity index (χ0v) is 16.0. The molecular weight excluding hydrogens is 336 g/mol. The highest BCUT2D eigenvalue weighted by molar-refractivity contribution is 7.85. The van der Waals surface area contributed by atoms with Crippen molar-refractivity contribution in [1.82, 2.24) is 0 Å². The van der Waals surface area contributed by atoms with E-state index in [4.69, 9.17) is 11.6 Å². The van der Waals surface area contributed by atoms with Crippen molar-refractivity contribution in [3.8, 4) is 11.1 Å². The van der Waals surface area contributed by atoms with Crippen LogP contribution in [0.1, 0.15) is 51.0 Å². The van der Waals surface area contributed by atoms with Crippen molar-refractivity contribution in [1.29, 1.82) is 0 Å². The molecule has 0 radical (unpaired) electrons. The molecule has 0 aliphatic heterocycles. The summed E-state index contributed by atoms with van der Waals surface area (Å²) in [6, 6.07) is 16.4. The van der Waals surface area contributed by atoms with Crippen molar-refractivity contribution in [2.75, 3.05) is 5.75 Å². The second-order valence-electron chi connectivity index (χ2n) is 6.17. The van der Waals surface area contributed by atoms with E-state index < -0.39 is 10.8 Å². The van der Waals surface area contributed by atoms with Gasteiger partial charge >= 0.3 is 0 Å². The van der Waals surface area contributed by atoms with Gasteiger partial charge in [0.2, 0.25) is 0 Å². The smallest absolute Gasteiger partial charge is 0.0529 e. The lowest BCUT2D eigenvalue weighted by Gasteiger charge is -2.06. The lowest BCUT2D eigenvalue weighted by Crippen LogP contribution is -1.98. The first kappa shape index (κ1) is 19.2. The fraction of sp³-hybridized carbons (Fsp3) is 0.429. The maximum absolute atomic E-state index is 12.4. The monoisotopic (exact) mass is 362 g/mol. The van der Waals surface area contributed by atoms with Crippen molar-refractivity contribution in [2.24, 2.45) is 0 Å². The fourth-order valence-electron chi connectivity index (χ4n) is 2.72. The summed E-state index contributed by atoms with van der Waals surface area (Å²) in [6.45, 7) is 2.23. The van der Waals surface area contributed by atoms with Crippen molar-refractivity contribution >= 4 is 22.4 Å². The van der Waals surface area contributed by atoms with Gasteiger partial charge in [0, 0.05) is 16.5 Å². The van der Waals surface area contributed by atoms with Gasteiger partial charge in [-0.05, 0) is 35.2 Å². The van der Waals surface area contributed by atoms with E-state index in [9.17, 15) is 4.21 Å². The highest BCUT2D eigenvalue weighted by Crippen LogP contribution is 2.22. The van der Waals surface area contributed by atoms with Crippen molar-refractivity contribution in [2.45, 2.75) is 56.2 Å². The lowest BCUT2D eigenvalue weighted by atomic mass is 10.0. The Labute approximate surface area is 153 Å². The van der Waals surface area contributed by atoms with Crippen LogP contribution in [-0.2, 0) is 16.7 Å². The summed E-state index contributed by atoms with van der Waals surface area (Å²) in [5, 5.41) is 0. The van der Waals surface area contributed by atoms with Crippen LogP contribution in [-0.4, -0.2) is 9.96 Å². The molecule has 0 spiro atoms. The van der Waals surface area contributed by atoms with Gasteiger partial charge in [-0.2, -0.15) is 0 Å². The molecule has 0 heterocycles. The van der Waals surface area contributed by atoms with Gasteiger partial charge in [-0.25, -0.2) is 0 Å². The Morgan fingerprint density at radius 2 is 1.33 bits per heavy atom. The molecule has 0 aliphatic rings. The van der Waals surface area contributed by atoms with E-state index >= 15 is 0 Å². The minimum atomic E-state index is -0.878. The van der Waals surface area contributed by atoms with Gasteiger partial charge in [0.05, 0.1) is 10.8 Å². The quantitative estimate of drug-likeness (QED) is 0.345. The fourth-order valence-corrected chi connectivity index (χ4v) is 4.04. The Hall–Kier alpha value is -1.12. The zero-order valence-electron chi connectivity index (χ0n) is 14.5. The SMILES string of the molecule is CCCCCCCCS(=O)c1ccc(-c2ccc(CCl)cc2)cc1. The summed E-state index contributed by atoms with van der Waals surface area (Å²) >= 11 is 5.82. The van der Waals surface area contributed by atoms with E-state index in [-0.39, 0.29) is 0 Å². The molecule has 24 heavy (non-hydrogen) atoms. The third kappa shape index (κ3) is 6.07. The number of halogens is 1. The van der Waals surface area contributed by atoms with E-state index in [2.05, 4.69) is 31.2 Å². The maximum Gasteiger partial charge on any atom is 0.0529 e. The molecule has 0 fully saturated rings. The average molecular weight is 363 g/mol. The summed E-state index contributed by atoms with van der Waals surface area (Å²) in [7, 11) is -0.878. The second kappa shape index (κ2) is 10.7. The van der Waals surface area contributed by atoms with Crippen LogP contribution in [0.3, 0.4) is 0 Å². The number of hydrogen-bond acceptors (Lipinski definition) is 1. The molecule has 2 rings (SSSR count). The molecule has 130 valence electrons. The molecule has 2 aromatic rings. The highest BCUT2D eigenvalue weighted by Gasteiger charge is 2.05. The molecule has 1 nitrogen and oxygen atoms in total. The molecule has 0 N–H and O–H groups in total. The summed E-state index contributed by atoms with van der Waals surface area (Å²) < 4.78 is 12.4. The molecule has 0 aromatic heterocycles. The van der Waals surface area contributed by atoms with Crippen LogP contribution in [0.2, 0.25) is 0 Å². The Morgan fingerprint density at radius 1 is 0.792 bits per heavy atom.